The molecule has 0 spiro atoms. The Labute approximate surface area is 352 Å². The topological polar surface area (TPSA) is 3.24 Å². The van der Waals surface area contributed by atoms with Gasteiger partial charge in [0, 0.05) is 36.9 Å². The highest BCUT2D eigenvalue weighted by molar-refractivity contribution is 7.26. The molecule has 0 saturated carbocycles. The molecule has 0 saturated heterocycles. The van der Waals surface area contributed by atoms with Gasteiger partial charge in [0.25, 0.3) is 0 Å². The maximum atomic E-state index is 2.44. The first kappa shape index (κ1) is 34.5. The monoisotopic (exact) mass is 779 g/mol. The van der Waals surface area contributed by atoms with E-state index in [9.17, 15) is 0 Å². The van der Waals surface area contributed by atoms with Gasteiger partial charge >= 0.3 is 0 Å². The zero-order valence-electron chi connectivity index (χ0n) is 32.7. The highest BCUT2D eigenvalue weighted by atomic mass is 32.1. The van der Waals surface area contributed by atoms with E-state index >= 15 is 0 Å². The van der Waals surface area contributed by atoms with Crippen LogP contribution in [-0.4, -0.2) is 0 Å². The van der Waals surface area contributed by atoms with E-state index in [0.29, 0.717) is 0 Å². The van der Waals surface area contributed by atoms with Crippen molar-refractivity contribution >= 4 is 91.7 Å². The second-order valence-electron chi connectivity index (χ2n) is 15.6. The summed E-state index contributed by atoms with van der Waals surface area (Å²) >= 11 is 1.88. The van der Waals surface area contributed by atoms with Gasteiger partial charge in [0.1, 0.15) is 0 Å². The van der Waals surface area contributed by atoms with Gasteiger partial charge in [-0.1, -0.05) is 188 Å². The van der Waals surface area contributed by atoms with Crippen LogP contribution in [0.15, 0.2) is 224 Å². The molecule has 0 bridgehead atoms. The molecule has 12 rings (SSSR count). The lowest BCUT2D eigenvalue weighted by Gasteiger charge is -2.28. The molecule has 1 nitrogen and oxygen atoms in total. The van der Waals surface area contributed by atoms with Crippen molar-refractivity contribution in [1.29, 1.82) is 0 Å². The van der Waals surface area contributed by atoms with Gasteiger partial charge in [-0.2, -0.15) is 0 Å². The molecule has 0 aliphatic heterocycles. The molecule has 0 N–H and O–H groups in total. The van der Waals surface area contributed by atoms with Crippen molar-refractivity contribution in [2.45, 2.75) is 0 Å². The van der Waals surface area contributed by atoms with Crippen molar-refractivity contribution in [2.24, 2.45) is 0 Å². The van der Waals surface area contributed by atoms with Crippen molar-refractivity contribution < 1.29 is 0 Å². The maximum Gasteiger partial charge on any atom is 0.0546 e. The van der Waals surface area contributed by atoms with E-state index in [2.05, 4.69) is 229 Å². The predicted molar refractivity (Wildman–Crippen MR) is 260 cm³/mol. The summed E-state index contributed by atoms with van der Waals surface area (Å²) in [4.78, 5) is 2.44. The Balaban J connectivity index is 1.06. The quantitative estimate of drug-likeness (QED) is 0.152. The fourth-order valence-electron chi connectivity index (χ4n) is 9.53. The molecule has 2 heteroatoms. The average Bonchev–Trinajstić information content (AvgIpc) is 3.71. The molecule has 1 aromatic heterocycles. The van der Waals surface area contributed by atoms with Crippen molar-refractivity contribution in [3.63, 3.8) is 0 Å². The lowest BCUT2D eigenvalue weighted by Crippen LogP contribution is -2.10. The van der Waals surface area contributed by atoms with E-state index in [1.807, 2.05) is 11.3 Å². The van der Waals surface area contributed by atoms with E-state index in [0.717, 1.165) is 17.1 Å². The summed E-state index contributed by atoms with van der Waals surface area (Å²) in [5.41, 5.74) is 10.8. The number of hydrogen-bond acceptors (Lipinski definition) is 2. The SMILES string of the molecule is c1ccc(-c2c(-c3ccc(N(c4ccc(-c5cccc6c5sc5ccccc56)cc4)c4cc5ccccc5c5ccccc45)cc3)c3ccccc3c3ccccc23)cc1. The van der Waals surface area contributed by atoms with Gasteiger partial charge in [0.2, 0.25) is 0 Å². The van der Waals surface area contributed by atoms with E-state index in [4.69, 9.17) is 0 Å². The molecule has 0 amide bonds. The molecular weight excluding hydrogens is 743 g/mol. The second kappa shape index (κ2) is 14.1. The van der Waals surface area contributed by atoms with Crippen LogP contribution in [0.3, 0.4) is 0 Å². The summed E-state index contributed by atoms with van der Waals surface area (Å²) in [7, 11) is 0. The number of rotatable bonds is 6. The summed E-state index contributed by atoms with van der Waals surface area (Å²) in [6, 6.07) is 82.5. The lowest BCUT2D eigenvalue weighted by molar-refractivity contribution is 1.30. The number of fused-ring (bicyclic) bond motifs is 9. The standard InChI is InChI=1S/C58H37NS/c1-2-15-39(16-3-1)56-51-24-10-7-20-47(51)48-21-8-11-25-52(48)57(56)40-31-35-43(36-32-40)59(54-37-41-17-4-5-18-44(41)46-19-6-9-22-49(46)54)42-33-29-38(30-34-42)45-26-14-27-53-50-23-12-13-28-55(50)60-58(45)53/h1-37H. The number of nitrogens with zero attached hydrogens (tertiary/aromatic N) is 1. The van der Waals surface area contributed by atoms with Gasteiger partial charge in [0.05, 0.1) is 5.69 Å². The van der Waals surface area contributed by atoms with Gasteiger partial charge < -0.3 is 4.90 Å². The zero-order valence-corrected chi connectivity index (χ0v) is 33.5. The van der Waals surface area contributed by atoms with Crippen LogP contribution in [0.25, 0.3) is 96.6 Å². The van der Waals surface area contributed by atoms with Gasteiger partial charge in [0.15, 0.2) is 0 Å². The van der Waals surface area contributed by atoms with Gasteiger partial charge in [-0.05, 0) is 107 Å². The summed E-state index contributed by atoms with van der Waals surface area (Å²) in [6.45, 7) is 0. The van der Waals surface area contributed by atoms with Gasteiger partial charge in [-0.25, -0.2) is 0 Å². The van der Waals surface area contributed by atoms with E-state index in [1.54, 1.807) is 0 Å². The first-order chi connectivity index (χ1) is 29.8. The second-order valence-corrected chi connectivity index (χ2v) is 16.6. The zero-order chi connectivity index (χ0) is 39.6. The van der Waals surface area contributed by atoms with Crippen LogP contribution in [0.1, 0.15) is 0 Å². The molecule has 12 aromatic rings. The third-order valence-electron chi connectivity index (χ3n) is 12.2. The smallest absolute Gasteiger partial charge is 0.0546 e. The van der Waals surface area contributed by atoms with E-state index in [-0.39, 0.29) is 0 Å². The van der Waals surface area contributed by atoms with Gasteiger partial charge in [-0.15, -0.1) is 11.3 Å². The van der Waals surface area contributed by atoms with Crippen molar-refractivity contribution in [1.82, 2.24) is 0 Å². The molecule has 0 fully saturated rings. The summed E-state index contributed by atoms with van der Waals surface area (Å²) in [5, 5.41) is 12.6. The molecule has 11 aromatic carbocycles. The molecule has 60 heavy (non-hydrogen) atoms. The number of benzene rings is 11. The Morgan fingerprint density at radius 3 is 1.42 bits per heavy atom. The molecule has 1 heterocycles. The Hall–Kier alpha value is -7.52. The van der Waals surface area contributed by atoms with Crippen molar-refractivity contribution in [3.05, 3.63) is 224 Å². The minimum atomic E-state index is 1.10. The first-order valence-corrected chi connectivity index (χ1v) is 21.4. The van der Waals surface area contributed by atoms with Crippen LogP contribution in [0.5, 0.6) is 0 Å². The highest BCUT2D eigenvalue weighted by Gasteiger charge is 2.21. The number of thiophene rings is 1. The number of hydrogen-bond donors (Lipinski definition) is 0. The predicted octanol–water partition coefficient (Wildman–Crippen LogP) is 17.1. The van der Waals surface area contributed by atoms with Crippen molar-refractivity contribution in [2.75, 3.05) is 4.90 Å². The molecule has 0 atom stereocenters. The molecule has 0 radical (unpaired) electrons. The van der Waals surface area contributed by atoms with Crippen LogP contribution < -0.4 is 4.90 Å². The number of anilines is 3. The molecule has 0 unspecified atom stereocenters. The van der Waals surface area contributed by atoms with Gasteiger partial charge in [-0.3, -0.25) is 0 Å². The minimum Gasteiger partial charge on any atom is -0.310 e. The first-order valence-electron chi connectivity index (χ1n) is 20.6. The molecule has 0 aliphatic rings. The van der Waals surface area contributed by atoms with Crippen LogP contribution in [0.2, 0.25) is 0 Å². The molecule has 280 valence electrons. The minimum absolute atomic E-state index is 1.10. The summed E-state index contributed by atoms with van der Waals surface area (Å²) in [5.74, 6) is 0. The largest absolute Gasteiger partial charge is 0.310 e. The van der Waals surface area contributed by atoms with Crippen LogP contribution in [0.4, 0.5) is 17.1 Å². The Morgan fingerprint density at radius 2 is 0.767 bits per heavy atom. The van der Waals surface area contributed by atoms with Crippen molar-refractivity contribution in [3.8, 4) is 33.4 Å². The van der Waals surface area contributed by atoms with Crippen LogP contribution in [-0.2, 0) is 0 Å². The highest BCUT2D eigenvalue weighted by Crippen LogP contribution is 2.47. The molecule has 0 aliphatic carbocycles. The van der Waals surface area contributed by atoms with Crippen LogP contribution in [0, 0.1) is 0 Å². The van der Waals surface area contributed by atoms with Crippen LogP contribution >= 0.6 is 11.3 Å². The Bertz CT molecular complexity index is 3580. The average molecular weight is 780 g/mol. The summed E-state index contributed by atoms with van der Waals surface area (Å²) in [6.07, 6.45) is 0. The van der Waals surface area contributed by atoms with E-state index < -0.39 is 0 Å². The summed E-state index contributed by atoms with van der Waals surface area (Å²) < 4.78 is 2.65. The van der Waals surface area contributed by atoms with E-state index in [1.165, 1.54) is 96.6 Å². The molecular formula is C58H37NS. The third-order valence-corrected chi connectivity index (χ3v) is 13.5. The fourth-order valence-corrected chi connectivity index (χ4v) is 10.8. The maximum absolute atomic E-state index is 2.44. The Kier molecular flexibility index (Phi) is 8.11. The normalized spacial score (nSPS) is 11.7. The lowest BCUT2D eigenvalue weighted by atomic mass is 9.85. The Morgan fingerprint density at radius 1 is 0.300 bits per heavy atom. The fraction of sp³-hybridized carbons (Fsp3) is 0. The third kappa shape index (κ3) is 5.53.